The maximum Gasteiger partial charge on any atom is 0.251 e. The third-order valence-electron chi connectivity index (χ3n) is 2.87. The van der Waals surface area contributed by atoms with E-state index in [0.29, 0.717) is 28.1 Å². The molecule has 2 rings (SSSR count). The summed E-state index contributed by atoms with van der Waals surface area (Å²) in [6, 6.07) is 4.84. The van der Waals surface area contributed by atoms with Gasteiger partial charge in [0.25, 0.3) is 5.91 Å². The fourth-order valence-electron chi connectivity index (χ4n) is 1.83. The van der Waals surface area contributed by atoms with Crippen molar-refractivity contribution < 1.29 is 4.79 Å². The highest BCUT2D eigenvalue weighted by atomic mass is 35.5. The summed E-state index contributed by atoms with van der Waals surface area (Å²) in [6.45, 7) is 3.45. The van der Waals surface area contributed by atoms with Crippen LogP contribution in [0.2, 0.25) is 10.0 Å². The number of nitrogens with one attached hydrogen (secondary N) is 1. The Labute approximate surface area is 127 Å². The molecule has 0 aliphatic carbocycles. The lowest BCUT2D eigenvalue weighted by Crippen LogP contribution is -2.29. The first-order valence-electron chi connectivity index (χ1n) is 6.25. The Morgan fingerprint density at radius 3 is 2.85 bits per heavy atom. The van der Waals surface area contributed by atoms with Gasteiger partial charge in [-0.2, -0.15) is 0 Å². The molecule has 0 aliphatic heterocycles. The number of nitrogens with zero attached hydrogens (tertiary/aromatic N) is 2. The van der Waals surface area contributed by atoms with Crippen molar-refractivity contribution >= 4 is 29.1 Å². The van der Waals surface area contributed by atoms with E-state index in [-0.39, 0.29) is 5.91 Å². The number of halogens is 2. The third-order valence-corrected chi connectivity index (χ3v) is 3.61. The molecule has 106 valence electrons. The van der Waals surface area contributed by atoms with Gasteiger partial charge in [0.15, 0.2) is 0 Å². The van der Waals surface area contributed by atoms with Crippen molar-refractivity contribution in [2.75, 3.05) is 6.54 Å². The minimum Gasteiger partial charge on any atom is -0.352 e. The highest BCUT2D eigenvalue weighted by Gasteiger charge is 2.10. The zero-order valence-corrected chi connectivity index (χ0v) is 12.5. The first-order valence-corrected chi connectivity index (χ1v) is 7.01. The van der Waals surface area contributed by atoms with Gasteiger partial charge in [-0.15, -0.1) is 0 Å². The van der Waals surface area contributed by atoms with Gasteiger partial charge in [-0.05, 0) is 24.1 Å². The average molecular weight is 312 g/mol. The molecule has 1 amide bonds. The third kappa shape index (κ3) is 3.99. The molecular weight excluding hydrogens is 297 g/mol. The zero-order chi connectivity index (χ0) is 14.5. The maximum atomic E-state index is 12.0. The second kappa shape index (κ2) is 6.77. The second-order valence-electron chi connectivity index (χ2n) is 4.70. The van der Waals surface area contributed by atoms with Gasteiger partial charge in [0.1, 0.15) is 0 Å². The number of carbonyl (C=O) groups is 1. The van der Waals surface area contributed by atoms with Gasteiger partial charge in [0.2, 0.25) is 0 Å². The van der Waals surface area contributed by atoms with Crippen LogP contribution in [0.3, 0.4) is 0 Å². The Morgan fingerprint density at radius 1 is 1.40 bits per heavy atom. The van der Waals surface area contributed by atoms with Crippen LogP contribution in [0.15, 0.2) is 36.9 Å². The van der Waals surface area contributed by atoms with E-state index >= 15 is 0 Å². The van der Waals surface area contributed by atoms with Crippen molar-refractivity contribution in [3.05, 3.63) is 52.5 Å². The Kier molecular flexibility index (Phi) is 5.04. The molecule has 4 nitrogen and oxygen atoms in total. The summed E-state index contributed by atoms with van der Waals surface area (Å²) >= 11 is 11.7. The topological polar surface area (TPSA) is 46.9 Å². The van der Waals surface area contributed by atoms with Gasteiger partial charge in [-0.3, -0.25) is 4.79 Å². The van der Waals surface area contributed by atoms with Crippen LogP contribution >= 0.6 is 23.2 Å². The van der Waals surface area contributed by atoms with E-state index < -0.39 is 0 Å². The van der Waals surface area contributed by atoms with Gasteiger partial charge >= 0.3 is 0 Å². The fourth-order valence-corrected chi connectivity index (χ4v) is 2.12. The van der Waals surface area contributed by atoms with Crippen molar-refractivity contribution in [2.24, 2.45) is 5.92 Å². The molecule has 0 radical (unpaired) electrons. The molecule has 6 heteroatoms. The van der Waals surface area contributed by atoms with Crippen LogP contribution in [0.4, 0.5) is 0 Å². The molecule has 20 heavy (non-hydrogen) atoms. The zero-order valence-electron chi connectivity index (χ0n) is 11.0. The molecule has 0 saturated carbocycles. The summed E-state index contributed by atoms with van der Waals surface area (Å²) in [5, 5.41) is 3.71. The van der Waals surface area contributed by atoms with E-state index in [1.54, 1.807) is 30.7 Å². The van der Waals surface area contributed by atoms with Crippen LogP contribution < -0.4 is 5.32 Å². The normalized spacial score (nSPS) is 12.2. The lowest BCUT2D eigenvalue weighted by Gasteiger charge is -2.13. The number of hydrogen-bond acceptors (Lipinski definition) is 2. The summed E-state index contributed by atoms with van der Waals surface area (Å²) in [4.78, 5) is 16.0. The molecule has 0 bridgehead atoms. The predicted octanol–water partition coefficient (Wildman–Crippen LogP) is 3.26. The van der Waals surface area contributed by atoms with E-state index in [1.807, 2.05) is 10.8 Å². The number of benzene rings is 1. The summed E-state index contributed by atoms with van der Waals surface area (Å²) in [5.74, 6) is 0.150. The number of hydrogen-bond donors (Lipinski definition) is 1. The van der Waals surface area contributed by atoms with Gasteiger partial charge in [-0.1, -0.05) is 30.1 Å². The number of carbonyl (C=O) groups excluding carboxylic acids is 1. The summed E-state index contributed by atoms with van der Waals surface area (Å²) in [5.41, 5.74) is 0.509. The van der Waals surface area contributed by atoms with Crippen LogP contribution in [0.25, 0.3) is 0 Å². The molecule has 1 heterocycles. The smallest absolute Gasteiger partial charge is 0.251 e. The standard InChI is InChI=1S/C14H15Cl2N3O/c1-10(8-19-5-4-17-9-19)7-18-14(20)11-2-3-12(15)13(16)6-11/h2-6,9-10H,7-8H2,1H3,(H,18,20). The molecule has 1 N–H and O–H groups in total. The Hall–Kier alpha value is -1.52. The Balaban J connectivity index is 1.86. The molecule has 0 aliphatic rings. The van der Waals surface area contributed by atoms with Crippen LogP contribution in [-0.2, 0) is 6.54 Å². The average Bonchev–Trinajstić information content (AvgIpc) is 2.92. The molecular formula is C14H15Cl2N3O. The van der Waals surface area contributed by atoms with Gasteiger partial charge in [0, 0.05) is 31.0 Å². The second-order valence-corrected chi connectivity index (χ2v) is 5.52. The van der Waals surface area contributed by atoms with E-state index in [9.17, 15) is 4.79 Å². The van der Waals surface area contributed by atoms with Crippen LogP contribution in [0.1, 0.15) is 17.3 Å². The monoisotopic (exact) mass is 311 g/mol. The SMILES string of the molecule is CC(CNC(=O)c1ccc(Cl)c(Cl)c1)Cn1ccnc1. The first kappa shape index (κ1) is 14.9. The van der Waals surface area contributed by atoms with Crippen LogP contribution in [0.5, 0.6) is 0 Å². The predicted molar refractivity (Wildman–Crippen MR) is 80.2 cm³/mol. The van der Waals surface area contributed by atoms with Gasteiger partial charge in [-0.25, -0.2) is 4.98 Å². The van der Waals surface area contributed by atoms with E-state index in [4.69, 9.17) is 23.2 Å². The molecule has 1 atom stereocenters. The largest absolute Gasteiger partial charge is 0.352 e. The fraction of sp³-hybridized carbons (Fsp3) is 0.286. The molecule has 1 aromatic carbocycles. The number of aromatic nitrogens is 2. The van der Waals surface area contributed by atoms with Crippen molar-refractivity contribution in [1.82, 2.24) is 14.9 Å². The number of imidazole rings is 1. The van der Waals surface area contributed by atoms with E-state index in [0.717, 1.165) is 6.54 Å². The van der Waals surface area contributed by atoms with Gasteiger partial charge < -0.3 is 9.88 Å². The lowest BCUT2D eigenvalue weighted by atomic mass is 10.1. The van der Waals surface area contributed by atoms with Crippen molar-refractivity contribution in [3.63, 3.8) is 0 Å². The van der Waals surface area contributed by atoms with Crippen molar-refractivity contribution in [3.8, 4) is 0 Å². The Morgan fingerprint density at radius 2 is 2.20 bits per heavy atom. The summed E-state index contributed by atoms with van der Waals surface area (Å²) in [6.07, 6.45) is 5.40. The number of rotatable bonds is 5. The Bertz CT molecular complexity index is 584. The van der Waals surface area contributed by atoms with Crippen molar-refractivity contribution in [1.29, 1.82) is 0 Å². The molecule has 0 saturated heterocycles. The number of amides is 1. The molecule has 2 aromatic rings. The maximum absolute atomic E-state index is 12.0. The van der Waals surface area contributed by atoms with E-state index in [1.165, 1.54) is 0 Å². The molecule has 1 unspecified atom stereocenters. The molecule has 0 fully saturated rings. The molecule has 1 aromatic heterocycles. The first-order chi connectivity index (χ1) is 9.56. The lowest BCUT2D eigenvalue weighted by molar-refractivity contribution is 0.0947. The van der Waals surface area contributed by atoms with E-state index in [2.05, 4.69) is 17.2 Å². The quantitative estimate of drug-likeness (QED) is 0.921. The highest BCUT2D eigenvalue weighted by molar-refractivity contribution is 6.42. The van der Waals surface area contributed by atoms with Crippen molar-refractivity contribution in [2.45, 2.75) is 13.5 Å². The van der Waals surface area contributed by atoms with Crippen LogP contribution in [0, 0.1) is 5.92 Å². The van der Waals surface area contributed by atoms with Crippen LogP contribution in [-0.4, -0.2) is 22.0 Å². The van der Waals surface area contributed by atoms with Gasteiger partial charge in [0.05, 0.1) is 16.4 Å². The summed E-state index contributed by atoms with van der Waals surface area (Å²) < 4.78 is 1.98. The minimum absolute atomic E-state index is 0.152. The summed E-state index contributed by atoms with van der Waals surface area (Å²) in [7, 11) is 0. The molecule has 0 spiro atoms. The highest BCUT2D eigenvalue weighted by Crippen LogP contribution is 2.22. The minimum atomic E-state index is -0.152.